The molecule has 0 aliphatic carbocycles. The number of hydrogen-bond donors (Lipinski definition) is 1. The Morgan fingerprint density at radius 2 is 1.47 bits per heavy atom. The average molecular weight is 471 g/mol. The van der Waals surface area contributed by atoms with E-state index in [2.05, 4.69) is 4.72 Å². The standard InChI is InChI=1S/C24H26N2O4S2/c1-17-4-9-23(10-5-17)32(29,30)26-13-12-20-7-8-22(15-21(20)16-26)25-31(27,28)24-11-6-18(2)14-19(24)3/h4-11,14-15,25H,12-13,16H2,1-3H3. The van der Waals surface area contributed by atoms with Gasteiger partial charge in [0.2, 0.25) is 10.0 Å². The van der Waals surface area contributed by atoms with Crippen LogP contribution in [0.2, 0.25) is 0 Å². The maximum absolute atomic E-state index is 13.1. The van der Waals surface area contributed by atoms with E-state index in [1.807, 2.05) is 26.0 Å². The lowest BCUT2D eigenvalue weighted by Gasteiger charge is -2.28. The fraction of sp³-hybridized carbons (Fsp3) is 0.250. The number of aryl methyl sites for hydroxylation is 3. The van der Waals surface area contributed by atoms with Crippen LogP contribution in [0.3, 0.4) is 0 Å². The van der Waals surface area contributed by atoms with Crippen molar-refractivity contribution in [1.82, 2.24) is 4.31 Å². The Balaban J connectivity index is 1.60. The van der Waals surface area contributed by atoms with Crippen molar-refractivity contribution in [2.45, 2.75) is 43.5 Å². The van der Waals surface area contributed by atoms with Crippen molar-refractivity contribution in [1.29, 1.82) is 0 Å². The number of nitrogens with zero attached hydrogens (tertiary/aromatic N) is 1. The van der Waals surface area contributed by atoms with Gasteiger partial charge in [0, 0.05) is 18.8 Å². The highest BCUT2D eigenvalue weighted by atomic mass is 32.2. The molecular formula is C24H26N2O4S2. The maximum atomic E-state index is 13.1. The van der Waals surface area contributed by atoms with Crippen LogP contribution in [0.1, 0.15) is 27.8 Å². The molecule has 0 bridgehead atoms. The first-order valence-electron chi connectivity index (χ1n) is 10.3. The number of sulfonamides is 2. The quantitative estimate of drug-likeness (QED) is 0.607. The zero-order chi connectivity index (χ0) is 23.1. The van der Waals surface area contributed by atoms with Crippen molar-refractivity contribution in [3.05, 3.63) is 88.5 Å². The molecule has 3 aromatic rings. The Bertz CT molecular complexity index is 1380. The fourth-order valence-corrected chi connectivity index (χ4v) is 6.67. The monoisotopic (exact) mass is 470 g/mol. The molecule has 6 nitrogen and oxygen atoms in total. The molecule has 0 aromatic heterocycles. The highest BCUT2D eigenvalue weighted by Crippen LogP contribution is 2.28. The van der Waals surface area contributed by atoms with Crippen molar-refractivity contribution in [2.75, 3.05) is 11.3 Å². The van der Waals surface area contributed by atoms with Crippen molar-refractivity contribution in [3.63, 3.8) is 0 Å². The van der Waals surface area contributed by atoms with E-state index in [9.17, 15) is 16.8 Å². The van der Waals surface area contributed by atoms with Crippen molar-refractivity contribution in [2.24, 2.45) is 0 Å². The van der Waals surface area contributed by atoms with Crippen LogP contribution >= 0.6 is 0 Å². The van der Waals surface area contributed by atoms with E-state index in [0.29, 0.717) is 24.2 Å². The molecule has 0 unspecified atom stereocenters. The summed E-state index contributed by atoms with van der Waals surface area (Å²) < 4.78 is 56.1. The lowest BCUT2D eigenvalue weighted by Crippen LogP contribution is -2.36. The van der Waals surface area contributed by atoms with Gasteiger partial charge in [-0.05, 0) is 74.2 Å². The van der Waals surface area contributed by atoms with Gasteiger partial charge in [0.15, 0.2) is 0 Å². The van der Waals surface area contributed by atoms with Gasteiger partial charge in [0.05, 0.1) is 9.79 Å². The Labute approximate surface area is 190 Å². The number of hydrogen-bond acceptors (Lipinski definition) is 4. The summed E-state index contributed by atoms with van der Waals surface area (Å²) in [6.07, 6.45) is 0.574. The summed E-state index contributed by atoms with van der Waals surface area (Å²) in [5.74, 6) is 0. The summed E-state index contributed by atoms with van der Waals surface area (Å²) in [5.41, 5.74) is 4.89. The Kier molecular flexibility index (Phi) is 5.87. The highest BCUT2D eigenvalue weighted by Gasteiger charge is 2.28. The molecule has 0 saturated heterocycles. The summed E-state index contributed by atoms with van der Waals surface area (Å²) in [7, 11) is -7.39. The molecule has 1 aliphatic heterocycles. The zero-order valence-electron chi connectivity index (χ0n) is 18.3. The summed E-state index contributed by atoms with van der Waals surface area (Å²) >= 11 is 0. The average Bonchev–Trinajstić information content (AvgIpc) is 2.73. The third-order valence-electron chi connectivity index (χ3n) is 5.71. The second-order valence-corrected chi connectivity index (χ2v) is 11.8. The highest BCUT2D eigenvalue weighted by molar-refractivity contribution is 7.92. The van der Waals surface area contributed by atoms with Gasteiger partial charge in [-0.15, -0.1) is 0 Å². The van der Waals surface area contributed by atoms with Gasteiger partial charge in [-0.25, -0.2) is 16.8 Å². The van der Waals surface area contributed by atoms with Crippen molar-refractivity contribution < 1.29 is 16.8 Å². The summed E-state index contributed by atoms with van der Waals surface area (Å²) in [6, 6.07) is 17.3. The fourth-order valence-electron chi connectivity index (χ4n) is 3.97. The van der Waals surface area contributed by atoms with Crippen LogP contribution in [0.4, 0.5) is 5.69 Å². The summed E-state index contributed by atoms with van der Waals surface area (Å²) in [6.45, 7) is 6.18. The van der Waals surface area contributed by atoms with Gasteiger partial charge < -0.3 is 0 Å². The van der Waals surface area contributed by atoms with Crippen molar-refractivity contribution in [3.8, 4) is 0 Å². The second-order valence-electron chi connectivity index (χ2n) is 8.26. The van der Waals surface area contributed by atoms with E-state index in [1.165, 1.54) is 4.31 Å². The van der Waals surface area contributed by atoms with Gasteiger partial charge >= 0.3 is 0 Å². The number of benzene rings is 3. The maximum Gasteiger partial charge on any atom is 0.262 e. The van der Waals surface area contributed by atoms with Gasteiger partial charge in [-0.3, -0.25) is 4.72 Å². The predicted molar refractivity (Wildman–Crippen MR) is 126 cm³/mol. The second kappa shape index (κ2) is 8.35. The Morgan fingerprint density at radius 1 is 0.781 bits per heavy atom. The van der Waals surface area contributed by atoms with Gasteiger partial charge in [-0.2, -0.15) is 4.31 Å². The normalized spacial score (nSPS) is 14.7. The molecule has 1 heterocycles. The molecule has 0 fully saturated rings. The minimum Gasteiger partial charge on any atom is -0.280 e. The minimum absolute atomic E-state index is 0.199. The first-order valence-corrected chi connectivity index (χ1v) is 13.3. The third-order valence-corrected chi connectivity index (χ3v) is 9.12. The predicted octanol–water partition coefficient (Wildman–Crippen LogP) is 4.16. The van der Waals surface area contributed by atoms with E-state index >= 15 is 0 Å². The van der Waals surface area contributed by atoms with E-state index in [-0.39, 0.29) is 16.3 Å². The van der Waals surface area contributed by atoms with Crippen molar-refractivity contribution >= 4 is 25.7 Å². The molecule has 0 spiro atoms. The van der Waals surface area contributed by atoms with Gasteiger partial charge in [0.1, 0.15) is 0 Å². The summed E-state index contributed by atoms with van der Waals surface area (Å²) in [4.78, 5) is 0.489. The molecule has 32 heavy (non-hydrogen) atoms. The molecule has 3 aromatic carbocycles. The molecule has 1 N–H and O–H groups in total. The number of anilines is 1. The first-order chi connectivity index (χ1) is 15.1. The van der Waals surface area contributed by atoms with E-state index in [4.69, 9.17) is 0 Å². The van der Waals surface area contributed by atoms with Crippen LogP contribution < -0.4 is 4.72 Å². The molecule has 0 atom stereocenters. The number of rotatable bonds is 5. The van der Waals surface area contributed by atoms with Crippen LogP contribution in [-0.2, 0) is 33.0 Å². The molecule has 0 saturated carbocycles. The zero-order valence-corrected chi connectivity index (χ0v) is 19.9. The van der Waals surface area contributed by atoms with Crippen LogP contribution in [-0.4, -0.2) is 27.7 Å². The van der Waals surface area contributed by atoms with E-state index in [0.717, 1.165) is 22.3 Å². The molecule has 0 radical (unpaired) electrons. The van der Waals surface area contributed by atoms with Crippen LogP contribution in [0.25, 0.3) is 0 Å². The van der Waals surface area contributed by atoms with Crippen LogP contribution in [0, 0.1) is 20.8 Å². The largest absolute Gasteiger partial charge is 0.280 e. The molecule has 1 aliphatic rings. The Hall–Kier alpha value is -2.68. The smallest absolute Gasteiger partial charge is 0.262 e. The lowest BCUT2D eigenvalue weighted by molar-refractivity contribution is 0.391. The number of fused-ring (bicyclic) bond motifs is 1. The molecule has 168 valence electrons. The number of nitrogens with one attached hydrogen (secondary N) is 1. The van der Waals surface area contributed by atoms with E-state index < -0.39 is 20.0 Å². The molecule has 8 heteroatoms. The topological polar surface area (TPSA) is 83.6 Å². The first kappa shape index (κ1) is 22.5. The summed E-state index contributed by atoms with van der Waals surface area (Å²) in [5, 5.41) is 0. The minimum atomic E-state index is -3.76. The molecular weight excluding hydrogens is 444 g/mol. The van der Waals surface area contributed by atoms with Gasteiger partial charge in [-0.1, -0.05) is 41.5 Å². The van der Waals surface area contributed by atoms with E-state index in [1.54, 1.807) is 55.5 Å². The van der Waals surface area contributed by atoms with Gasteiger partial charge in [0.25, 0.3) is 10.0 Å². The Morgan fingerprint density at radius 3 is 2.16 bits per heavy atom. The third kappa shape index (κ3) is 4.44. The van der Waals surface area contributed by atoms with Crippen LogP contribution in [0.5, 0.6) is 0 Å². The molecule has 4 rings (SSSR count). The van der Waals surface area contributed by atoms with Crippen LogP contribution in [0.15, 0.2) is 70.5 Å². The molecule has 0 amide bonds. The lowest BCUT2D eigenvalue weighted by atomic mass is 10.0. The SMILES string of the molecule is Cc1ccc(S(=O)(=O)N2CCc3ccc(NS(=O)(=O)c4ccc(C)cc4C)cc3C2)cc1.